The summed E-state index contributed by atoms with van der Waals surface area (Å²) in [4.78, 5) is 27.4. The zero-order chi connectivity index (χ0) is 18.9. The minimum atomic E-state index is -0.600. The van der Waals surface area contributed by atoms with Crippen molar-refractivity contribution in [3.05, 3.63) is 34.4 Å². The third kappa shape index (κ3) is 3.36. The molecule has 3 heterocycles. The normalized spacial score (nSPS) is 20.2. The molecule has 1 saturated heterocycles. The summed E-state index contributed by atoms with van der Waals surface area (Å²) in [6.07, 6.45) is 3.11. The molecule has 3 rings (SSSR count). The van der Waals surface area contributed by atoms with Gasteiger partial charge in [0.1, 0.15) is 0 Å². The summed E-state index contributed by atoms with van der Waals surface area (Å²) in [7, 11) is 0. The number of carbonyl (C=O) groups excluding carboxylic acids is 2. The first-order chi connectivity index (χ1) is 12.3. The Labute approximate surface area is 152 Å². The number of aromatic nitrogens is 4. The van der Waals surface area contributed by atoms with Crippen molar-refractivity contribution >= 4 is 11.8 Å². The highest BCUT2D eigenvalue weighted by Gasteiger charge is 2.39. The average Bonchev–Trinajstić information content (AvgIpc) is 3.18. The number of likely N-dealkylation sites (tertiary alicyclic amines) is 1. The minimum Gasteiger partial charge on any atom is -0.351 e. The third-order valence-corrected chi connectivity index (χ3v) is 5.30. The van der Waals surface area contributed by atoms with E-state index in [1.54, 1.807) is 11.1 Å². The Morgan fingerprint density at radius 3 is 2.65 bits per heavy atom. The summed E-state index contributed by atoms with van der Waals surface area (Å²) in [5.41, 5.74) is 3.58. The number of amides is 2. The minimum absolute atomic E-state index is 0.0288. The second-order valence-corrected chi connectivity index (χ2v) is 7.39. The van der Waals surface area contributed by atoms with E-state index in [1.165, 1.54) is 0 Å². The smallest absolute Gasteiger partial charge is 0.257 e. The molecule has 0 bridgehead atoms. The van der Waals surface area contributed by atoms with Crippen LogP contribution in [0.5, 0.6) is 0 Å². The van der Waals surface area contributed by atoms with E-state index in [2.05, 4.69) is 25.7 Å². The van der Waals surface area contributed by atoms with E-state index in [0.717, 1.165) is 35.5 Å². The molecular formula is C18H26N6O2. The van der Waals surface area contributed by atoms with E-state index in [1.807, 2.05) is 27.7 Å². The van der Waals surface area contributed by atoms with Gasteiger partial charge in [0.25, 0.3) is 5.91 Å². The molecule has 0 aromatic carbocycles. The second kappa shape index (κ2) is 6.93. The summed E-state index contributed by atoms with van der Waals surface area (Å²) in [6.45, 7) is 9.12. The lowest BCUT2D eigenvalue weighted by Gasteiger charge is -2.39. The molecule has 8 nitrogen and oxygen atoms in total. The molecule has 0 saturated carbocycles. The van der Waals surface area contributed by atoms with Gasteiger partial charge in [-0.2, -0.15) is 10.2 Å². The quantitative estimate of drug-likeness (QED) is 0.772. The molecule has 1 aliphatic heterocycles. The van der Waals surface area contributed by atoms with Crippen LogP contribution in [0.15, 0.2) is 6.20 Å². The monoisotopic (exact) mass is 358 g/mol. The van der Waals surface area contributed by atoms with Gasteiger partial charge >= 0.3 is 0 Å². The van der Waals surface area contributed by atoms with Gasteiger partial charge in [0.2, 0.25) is 5.91 Å². The molecule has 140 valence electrons. The van der Waals surface area contributed by atoms with Crippen LogP contribution >= 0.6 is 0 Å². The number of H-pyrrole nitrogens is 2. The second-order valence-electron chi connectivity index (χ2n) is 7.39. The van der Waals surface area contributed by atoms with Gasteiger partial charge in [-0.25, -0.2) is 0 Å². The van der Waals surface area contributed by atoms with Crippen molar-refractivity contribution in [2.75, 3.05) is 13.1 Å². The van der Waals surface area contributed by atoms with Gasteiger partial charge in [0, 0.05) is 36.6 Å². The average molecular weight is 358 g/mol. The van der Waals surface area contributed by atoms with Gasteiger partial charge < -0.3 is 10.2 Å². The highest BCUT2D eigenvalue weighted by molar-refractivity contribution is 5.95. The number of piperidine rings is 1. The van der Waals surface area contributed by atoms with Crippen molar-refractivity contribution in [3.8, 4) is 0 Å². The topological polar surface area (TPSA) is 107 Å². The van der Waals surface area contributed by atoms with E-state index in [4.69, 9.17) is 0 Å². The number of nitrogens with one attached hydrogen (secondary N) is 3. The van der Waals surface area contributed by atoms with Crippen LogP contribution in [0.1, 0.15) is 52.8 Å². The van der Waals surface area contributed by atoms with Crippen LogP contribution < -0.4 is 5.32 Å². The number of aryl methyl sites for hydroxylation is 3. The van der Waals surface area contributed by atoms with Crippen LogP contribution in [-0.2, 0) is 11.3 Å². The summed E-state index contributed by atoms with van der Waals surface area (Å²) in [6, 6.07) is 0. The zero-order valence-corrected chi connectivity index (χ0v) is 15.8. The van der Waals surface area contributed by atoms with Gasteiger partial charge in [-0.1, -0.05) is 0 Å². The fourth-order valence-corrected chi connectivity index (χ4v) is 3.55. The molecule has 26 heavy (non-hydrogen) atoms. The summed E-state index contributed by atoms with van der Waals surface area (Å²) in [5.74, 6) is -0.101. The molecule has 2 aromatic heterocycles. The fraction of sp³-hybridized carbons (Fsp3) is 0.556. The van der Waals surface area contributed by atoms with Crippen LogP contribution in [0.4, 0.5) is 0 Å². The number of nitrogens with zero attached hydrogens (tertiary/aromatic N) is 3. The van der Waals surface area contributed by atoms with Crippen molar-refractivity contribution in [2.24, 2.45) is 5.41 Å². The number of aromatic amines is 2. The van der Waals surface area contributed by atoms with Gasteiger partial charge in [0.15, 0.2) is 0 Å². The molecule has 0 spiro atoms. The Bertz CT molecular complexity index is 804. The van der Waals surface area contributed by atoms with E-state index in [-0.39, 0.29) is 11.8 Å². The van der Waals surface area contributed by atoms with Crippen LogP contribution in [0.25, 0.3) is 0 Å². The van der Waals surface area contributed by atoms with Crippen molar-refractivity contribution in [1.82, 2.24) is 30.6 Å². The van der Waals surface area contributed by atoms with Crippen LogP contribution in [0, 0.1) is 26.2 Å². The SMILES string of the molecule is Cc1n[nH]c(C)c1CNC(=O)C1(C)CCCN(C(=O)c2cn[nH]c2C)C1. The lowest BCUT2D eigenvalue weighted by Crippen LogP contribution is -2.51. The molecule has 2 amide bonds. The lowest BCUT2D eigenvalue weighted by molar-refractivity contribution is -0.132. The highest BCUT2D eigenvalue weighted by atomic mass is 16.2. The highest BCUT2D eigenvalue weighted by Crippen LogP contribution is 2.31. The van der Waals surface area contributed by atoms with Crippen LogP contribution in [0.2, 0.25) is 0 Å². The first-order valence-electron chi connectivity index (χ1n) is 8.90. The molecular weight excluding hydrogens is 332 g/mol. The summed E-state index contributed by atoms with van der Waals surface area (Å²) >= 11 is 0. The molecule has 0 radical (unpaired) electrons. The summed E-state index contributed by atoms with van der Waals surface area (Å²) < 4.78 is 0. The van der Waals surface area contributed by atoms with Gasteiger partial charge in [-0.15, -0.1) is 0 Å². The van der Waals surface area contributed by atoms with Crippen LogP contribution in [-0.4, -0.2) is 50.2 Å². The van der Waals surface area contributed by atoms with Crippen molar-refractivity contribution in [1.29, 1.82) is 0 Å². The fourth-order valence-electron chi connectivity index (χ4n) is 3.55. The van der Waals surface area contributed by atoms with E-state index in [9.17, 15) is 9.59 Å². The van der Waals surface area contributed by atoms with E-state index >= 15 is 0 Å². The van der Waals surface area contributed by atoms with Crippen molar-refractivity contribution in [3.63, 3.8) is 0 Å². The molecule has 1 atom stereocenters. The van der Waals surface area contributed by atoms with E-state index in [0.29, 0.717) is 25.2 Å². The lowest BCUT2D eigenvalue weighted by atomic mass is 9.80. The molecule has 3 N–H and O–H groups in total. The number of carbonyl (C=O) groups is 2. The molecule has 8 heteroatoms. The molecule has 0 aliphatic carbocycles. The molecule has 1 unspecified atom stereocenters. The predicted molar refractivity (Wildman–Crippen MR) is 96.5 cm³/mol. The van der Waals surface area contributed by atoms with Crippen LogP contribution in [0.3, 0.4) is 0 Å². The number of hydrogen-bond donors (Lipinski definition) is 3. The van der Waals surface area contributed by atoms with Gasteiger partial charge in [0.05, 0.1) is 22.9 Å². The molecule has 2 aromatic rings. The molecule has 1 fully saturated rings. The Morgan fingerprint density at radius 2 is 2.04 bits per heavy atom. The standard InChI is InChI=1S/C18H26N6O2/c1-11-14(12(2)23-22-11)8-19-17(26)18(4)6-5-7-24(10-18)16(25)15-9-20-21-13(15)3/h9H,5-8,10H2,1-4H3,(H,19,26)(H,20,21)(H,22,23). The maximum absolute atomic E-state index is 12.9. The first kappa shape index (κ1) is 18.2. The number of rotatable bonds is 4. The molecule has 1 aliphatic rings. The van der Waals surface area contributed by atoms with Crippen molar-refractivity contribution in [2.45, 2.75) is 47.1 Å². The maximum atomic E-state index is 12.9. The number of hydrogen-bond acceptors (Lipinski definition) is 4. The Balaban J connectivity index is 1.67. The largest absolute Gasteiger partial charge is 0.351 e. The predicted octanol–water partition coefficient (Wildman–Crippen LogP) is 1.62. The Morgan fingerprint density at radius 1 is 1.27 bits per heavy atom. The van der Waals surface area contributed by atoms with Crippen molar-refractivity contribution < 1.29 is 9.59 Å². The summed E-state index contributed by atoms with van der Waals surface area (Å²) in [5, 5.41) is 16.8. The Kier molecular flexibility index (Phi) is 4.84. The maximum Gasteiger partial charge on any atom is 0.257 e. The third-order valence-electron chi connectivity index (χ3n) is 5.30. The van der Waals surface area contributed by atoms with E-state index < -0.39 is 5.41 Å². The first-order valence-corrected chi connectivity index (χ1v) is 8.90. The Hall–Kier alpha value is -2.64. The van der Waals surface area contributed by atoms with Gasteiger partial charge in [-0.3, -0.25) is 19.8 Å². The zero-order valence-electron chi connectivity index (χ0n) is 15.8. The van der Waals surface area contributed by atoms with Gasteiger partial charge in [-0.05, 0) is 40.5 Å².